The van der Waals surface area contributed by atoms with E-state index in [1.165, 1.54) is 36.6 Å². The van der Waals surface area contributed by atoms with Gasteiger partial charge in [0.2, 0.25) is 0 Å². The molecule has 0 unspecified atom stereocenters. The van der Waals surface area contributed by atoms with E-state index in [0.29, 0.717) is 5.41 Å². The van der Waals surface area contributed by atoms with Crippen LogP contribution in [0.25, 0.3) is 0 Å². The minimum absolute atomic E-state index is 0.164. The third kappa shape index (κ3) is 2.44. The Morgan fingerprint density at radius 2 is 1.55 bits per heavy atom. The van der Waals surface area contributed by atoms with Crippen molar-refractivity contribution >= 4 is 52.2 Å². The zero-order valence-electron chi connectivity index (χ0n) is 11.2. The molecule has 4 aliphatic heterocycles. The maximum atomic E-state index is 11.2. The number of carbonyl (C=O) groups excluding carboxylic acids is 1. The van der Waals surface area contributed by atoms with E-state index in [-0.39, 0.29) is 5.12 Å². The molecule has 1 nitrogen and oxygen atoms in total. The van der Waals surface area contributed by atoms with E-state index in [2.05, 4.69) is 59.6 Å². The maximum Gasteiger partial charge on any atom is 0.190 e. The first-order valence-electron chi connectivity index (χ1n) is 6.88. The smallest absolute Gasteiger partial charge is 0.190 e. The molecule has 0 atom stereocenters. The molecule has 0 saturated carbocycles. The highest BCUT2D eigenvalue weighted by atomic mass is 32.3. The molecule has 4 aliphatic rings. The molecule has 4 saturated heterocycles. The fourth-order valence-corrected chi connectivity index (χ4v) is 11.4. The summed E-state index contributed by atoms with van der Waals surface area (Å²) in [6.45, 7) is 1.63. The quantitative estimate of drug-likeness (QED) is 0.706. The fraction of sp³-hybridized carbons (Fsp3) is 0.533. The van der Waals surface area contributed by atoms with Crippen molar-refractivity contribution in [3.63, 3.8) is 0 Å². The number of carbonyl (C=O) groups is 1. The van der Waals surface area contributed by atoms with Gasteiger partial charge < -0.3 is 0 Å². The van der Waals surface area contributed by atoms with Crippen LogP contribution in [-0.2, 0) is 10.2 Å². The summed E-state index contributed by atoms with van der Waals surface area (Å²) in [5.41, 5.74) is 1.92. The monoisotopic (exact) mass is 340 g/mol. The lowest BCUT2D eigenvalue weighted by atomic mass is 9.73. The molecule has 4 heterocycles. The van der Waals surface area contributed by atoms with E-state index in [0.717, 1.165) is 18.6 Å². The lowest BCUT2D eigenvalue weighted by Crippen LogP contribution is -2.47. The molecule has 0 aromatic heterocycles. The highest BCUT2D eigenvalue weighted by Crippen LogP contribution is 2.66. The largest absolute Gasteiger partial charge is 0.287 e. The Morgan fingerprint density at radius 1 is 1.05 bits per heavy atom. The summed E-state index contributed by atoms with van der Waals surface area (Å²) in [6, 6.07) is 8.82. The van der Waals surface area contributed by atoms with Crippen molar-refractivity contribution in [2.24, 2.45) is 0 Å². The van der Waals surface area contributed by atoms with Crippen LogP contribution in [0.1, 0.15) is 31.7 Å². The van der Waals surface area contributed by atoms with Gasteiger partial charge in [0.15, 0.2) is 5.12 Å². The lowest BCUT2D eigenvalue weighted by molar-refractivity contribution is -0.109. The highest BCUT2D eigenvalue weighted by molar-refractivity contribution is 8.33. The third-order valence-electron chi connectivity index (χ3n) is 4.31. The van der Waals surface area contributed by atoms with Crippen LogP contribution in [0.4, 0.5) is 0 Å². The summed E-state index contributed by atoms with van der Waals surface area (Å²) in [5, 5.41) is 0.164. The molecule has 4 bridgehead atoms. The van der Waals surface area contributed by atoms with E-state index in [4.69, 9.17) is 0 Å². The Bertz CT molecular complexity index is 504. The Kier molecular flexibility index (Phi) is 3.61. The van der Waals surface area contributed by atoms with Crippen molar-refractivity contribution in [3.8, 4) is 0 Å². The first kappa shape index (κ1) is 13.9. The van der Waals surface area contributed by atoms with Crippen molar-refractivity contribution in [2.75, 3.05) is 0 Å². The van der Waals surface area contributed by atoms with Crippen LogP contribution in [0.15, 0.2) is 29.2 Å². The number of rotatable bonds is 2. The van der Waals surface area contributed by atoms with Gasteiger partial charge in [-0.3, -0.25) is 4.79 Å². The molecule has 0 spiro atoms. The molecule has 106 valence electrons. The van der Waals surface area contributed by atoms with Crippen LogP contribution < -0.4 is 0 Å². The summed E-state index contributed by atoms with van der Waals surface area (Å²) in [7, 11) is 0. The number of thioether (sulfide) groups is 4. The zero-order chi connectivity index (χ0) is 13.7. The van der Waals surface area contributed by atoms with Crippen LogP contribution in [-0.4, -0.2) is 18.9 Å². The standard InChI is InChI=1S/C15H16OS4/c1-9(16)17-11-4-2-10(3-5-11)15-6-12-18-13(7-15)20-14(8-15)19-12/h2-5,12-14H,6-8H2,1H3. The molecule has 4 fully saturated rings. The molecule has 1 aromatic carbocycles. The Balaban J connectivity index is 1.62. The minimum Gasteiger partial charge on any atom is -0.287 e. The second-order valence-electron chi connectivity index (χ2n) is 5.71. The summed E-state index contributed by atoms with van der Waals surface area (Å²) in [5.74, 6) is 0. The number of hydrogen-bond donors (Lipinski definition) is 0. The summed E-state index contributed by atoms with van der Waals surface area (Å²) >= 11 is 7.90. The number of benzene rings is 1. The maximum absolute atomic E-state index is 11.2. The van der Waals surface area contributed by atoms with Crippen molar-refractivity contribution in [1.29, 1.82) is 0 Å². The second-order valence-corrected chi connectivity index (χ2v) is 12.1. The highest BCUT2D eigenvalue weighted by Gasteiger charge is 2.53. The van der Waals surface area contributed by atoms with Gasteiger partial charge in [0.1, 0.15) is 0 Å². The minimum atomic E-state index is 0.164. The summed E-state index contributed by atoms with van der Waals surface area (Å²) in [6.07, 6.45) is 3.99. The Labute approximate surface area is 136 Å². The van der Waals surface area contributed by atoms with Crippen LogP contribution in [0, 0.1) is 0 Å². The molecule has 20 heavy (non-hydrogen) atoms. The van der Waals surface area contributed by atoms with E-state index in [1.54, 1.807) is 6.92 Å². The second kappa shape index (κ2) is 5.18. The van der Waals surface area contributed by atoms with Gasteiger partial charge >= 0.3 is 0 Å². The number of hydrogen-bond acceptors (Lipinski definition) is 5. The van der Waals surface area contributed by atoms with Gasteiger partial charge in [-0.2, -0.15) is 0 Å². The van der Waals surface area contributed by atoms with Gasteiger partial charge in [-0.25, -0.2) is 0 Å². The van der Waals surface area contributed by atoms with Gasteiger partial charge in [0, 0.05) is 17.2 Å². The molecule has 1 aromatic rings. The van der Waals surface area contributed by atoms with Crippen molar-refractivity contribution in [1.82, 2.24) is 0 Å². The average molecular weight is 341 g/mol. The van der Waals surface area contributed by atoms with Crippen molar-refractivity contribution in [2.45, 2.75) is 50.2 Å². The van der Waals surface area contributed by atoms with Crippen molar-refractivity contribution < 1.29 is 4.79 Å². The average Bonchev–Trinajstić information content (AvgIpc) is 2.37. The zero-order valence-corrected chi connectivity index (χ0v) is 14.5. The van der Waals surface area contributed by atoms with E-state index in [1.807, 2.05) is 0 Å². The fourth-order valence-electron chi connectivity index (χ4n) is 3.50. The summed E-state index contributed by atoms with van der Waals surface area (Å²) in [4.78, 5) is 12.2. The molecule has 0 aliphatic carbocycles. The van der Waals surface area contributed by atoms with Gasteiger partial charge in [-0.05, 0) is 37.0 Å². The topological polar surface area (TPSA) is 17.1 Å². The molecular formula is C15H16OS4. The van der Waals surface area contributed by atoms with Crippen LogP contribution in [0.3, 0.4) is 0 Å². The van der Waals surface area contributed by atoms with Gasteiger partial charge in [-0.15, -0.1) is 35.3 Å². The van der Waals surface area contributed by atoms with Gasteiger partial charge in [0.25, 0.3) is 0 Å². The van der Waals surface area contributed by atoms with E-state index in [9.17, 15) is 4.79 Å². The third-order valence-corrected chi connectivity index (χ3v) is 9.93. The van der Waals surface area contributed by atoms with Gasteiger partial charge in [-0.1, -0.05) is 23.9 Å². The van der Waals surface area contributed by atoms with E-state index < -0.39 is 0 Å². The Morgan fingerprint density at radius 3 is 2.00 bits per heavy atom. The van der Waals surface area contributed by atoms with E-state index >= 15 is 0 Å². The van der Waals surface area contributed by atoms with Crippen LogP contribution in [0.5, 0.6) is 0 Å². The first-order valence-corrected chi connectivity index (χ1v) is 10.5. The molecule has 5 heteroatoms. The SMILES string of the molecule is CC(=O)Sc1ccc(C23CC4SC(C2)SC(C3)S4)cc1. The van der Waals surface area contributed by atoms with Gasteiger partial charge in [0.05, 0.1) is 13.7 Å². The molecule has 0 radical (unpaired) electrons. The van der Waals surface area contributed by atoms with Crippen LogP contribution in [0.2, 0.25) is 0 Å². The Hall–Kier alpha value is 0.290. The normalized spacial score (nSPS) is 38.1. The molecule has 0 amide bonds. The molecular weight excluding hydrogens is 324 g/mol. The lowest BCUT2D eigenvalue weighted by Gasteiger charge is -2.55. The molecule has 0 N–H and O–H groups in total. The summed E-state index contributed by atoms with van der Waals surface area (Å²) < 4.78 is 2.42. The predicted octanol–water partition coefficient (Wildman–Crippen LogP) is 4.95. The van der Waals surface area contributed by atoms with Crippen molar-refractivity contribution in [3.05, 3.63) is 29.8 Å². The predicted molar refractivity (Wildman–Crippen MR) is 92.6 cm³/mol. The molecule has 5 rings (SSSR count). The van der Waals surface area contributed by atoms with Crippen LogP contribution >= 0.6 is 47.0 Å². The first-order chi connectivity index (χ1) is 9.63.